The topological polar surface area (TPSA) is 61.8 Å². The zero-order valence-corrected chi connectivity index (χ0v) is 36.0. The van der Waals surface area contributed by atoms with Gasteiger partial charge in [0, 0.05) is 19.4 Å². The summed E-state index contributed by atoms with van der Waals surface area (Å²) in [5.41, 5.74) is 0. The number of hydrogen-bond donors (Lipinski definition) is 0. The fourth-order valence-electron chi connectivity index (χ4n) is 6.44. The second-order valence-electron chi connectivity index (χ2n) is 15.3. The lowest BCUT2D eigenvalue weighted by atomic mass is 10.0. The van der Waals surface area contributed by atoms with Gasteiger partial charge >= 0.3 is 11.9 Å². The Morgan fingerprint density at radius 1 is 0.426 bits per heavy atom. The summed E-state index contributed by atoms with van der Waals surface area (Å²) in [4.78, 5) is 25.1. The zero-order chi connectivity index (χ0) is 39.3. The number of allylic oxidation sites excluding steroid dienone is 8. The Morgan fingerprint density at radius 2 is 0.833 bits per heavy atom. The molecule has 0 radical (unpaired) electrons. The van der Waals surface area contributed by atoms with E-state index < -0.39 is 6.10 Å². The first kappa shape index (κ1) is 51.9. The van der Waals surface area contributed by atoms with Gasteiger partial charge in [0.15, 0.2) is 6.10 Å². The highest BCUT2D eigenvalue weighted by atomic mass is 16.6. The van der Waals surface area contributed by atoms with Gasteiger partial charge < -0.3 is 14.2 Å². The summed E-state index contributed by atoms with van der Waals surface area (Å²) in [6, 6.07) is 0. The molecule has 0 N–H and O–H groups in total. The van der Waals surface area contributed by atoms with Crippen LogP contribution in [0.2, 0.25) is 0 Å². The number of unbranched alkanes of at least 4 members (excludes halogenated alkanes) is 23. The van der Waals surface area contributed by atoms with E-state index in [0.29, 0.717) is 19.4 Å². The Labute approximate surface area is 335 Å². The molecule has 0 saturated heterocycles. The molecule has 0 aromatic rings. The van der Waals surface area contributed by atoms with E-state index in [4.69, 9.17) is 14.2 Å². The minimum Gasteiger partial charge on any atom is -0.462 e. The van der Waals surface area contributed by atoms with Gasteiger partial charge in [-0.2, -0.15) is 0 Å². The molecule has 314 valence electrons. The highest BCUT2D eigenvalue weighted by Gasteiger charge is 2.17. The summed E-state index contributed by atoms with van der Waals surface area (Å²) in [5, 5.41) is 0. The van der Waals surface area contributed by atoms with E-state index in [9.17, 15) is 9.59 Å². The Kier molecular flexibility index (Phi) is 43.5. The summed E-state index contributed by atoms with van der Waals surface area (Å²) >= 11 is 0. The highest BCUT2D eigenvalue weighted by molar-refractivity contribution is 5.70. The Bertz CT molecular complexity index is 904. The Morgan fingerprint density at radius 3 is 1.33 bits per heavy atom. The van der Waals surface area contributed by atoms with E-state index in [2.05, 4.69) is 69.4 Å². The quantitative estimate of drug-likeness (QED) is 0.0353. The minimum absolute atomic E-state index is 0.0756. The van der Waals surface area contributed by atoms with Crippen molar-refractivity contribution in [2.75, 3.05) is 19.8 Å². The molecule has 5 nitrogen and oxygen atoms in total. The summed E-state index contributed by atoms with van der Waals surface area (Å²) in [7, 11) is 0. The number of rotatable bonds is 42. The van der Waals surface area contributed by atoms with Crippen LogP contribution in [0.5, 0.6) is 0 Å². The van der Waals surface area contributed by atoms with Crippen molar-refractivity contribution in [3.8, 4) is 0 Å². The van der Waals surface area contributed by atoms with E-state index in [1.165, 1.54) is 116 Å². The van der Waals surface area contributed by atoms with E-state index in [-0.39, 0.29) is 25.2 Å². The molecule has 5 heteroatoms. The molecule has 0 aromatic heterocycles. The van der Waals surface area contributed by atoms with Crippen LogP contribution in [0, 0.1) is 0 Å². The van der Waals surface area contributed by atoms with Crippen LogP contribution in [0.3, 0.4) is 0 Å². The maximum atomic E-state index is 12.6. The lowest BCUT2D eigenvalue weighted by molar-refractivity contribution is -0.163. The number of esters is 2. The SMILES string of the molecule is CC/C=C\C/C=C\C/C=C\C/C=C\CCCCCCC(=O)OCC(COCCCCCCCCCCCCCCCC)OC(=O)CCCCCCCCC. The predicted octanol–water partition coefficient (Wildman–Crippen LogP) is 15.2. The molecule has 0 heterocycles. The van der Waals surface area contributed by atoms with Crippen molar-refractivity contribution in [2.45, 2.75) is 232 Å². The van der Waals surface area contributed by atoms with E-state index in [1.54, 1.807) is 0 Å². The van der Waals surface area contributed by atoms with Crippen LogP contribution in [-0.4, -0.2) is 37.9 Å². The zero-order valence-electron chi connectivity index (χ0n) is 36.0. The monoisotopic (exact) mass is 757 g/mol. The highest BCUT2D eigenvalue weighted by Crippen LogP contribution is 2.14. The van der Waals surface area contributed by atoms with Gasteiger partial charge in [-0.3, -0.25) is 9.59 Å². The normalized spacial score (nSPS) is 12.6. The standard InChI is InChI=1S/C49H88O5/c1-4-7-10-13-16-18-20-22-24-25-26-27-29-31-34-36-39-42-48(50)53-46-47(54-49(51)43-40-37-33-15-12-9-6-3)45-52-44-41-38-35-32-30-28-23-21-19-17-14-11-8-5-2/h7,10,16,18,22,24,26-27,47H,4-6,8-9,11-15,17,19-21,23,25,28-46H2,1-3H3/b10-7-,18-16-,24-22-,27-26-. The van der Waals surface area contributed by atoms with Crippen molar-refractivity contribution >= 4 is 11.9 Å². The molecule has 0 rings (SSSR count). The summed E-state index contributed by atoms with van der Waals surface area (Å²) in [6.45, 7) is 7.67. The van der Waals surface area contributed by atoms with Gasteiger partial charge in [-0.1, -0.05) is 204 Å². The molecule has 0 amide bonds. The Hall–Kier alpha value is -2.14. The largest absolute Gasteiger partial charge is 0.462 e. The average Bonchev–Trinajstić information content (AvgIpc) is 3.17. The van der Waals surface area contributed by atoms with Crippen LogP contribution in [0.1, 0.15) is 226 Å². The maximum Gasteiger partial charge on any atom is 0.306 e. The fourth-order valence-corrected chi connectivity index (χ4v) is 6.44. The second kappa shape index (κ2) is 45.3. The van der Waals surface area contributed by atoms with Crippen molar-refractivity contribution in [1.29, 1.82) is 0 Å². The first-order chi connectivity index (χ1) is 26.6. The van der Waals surface area contributed by atoms with Gasteiger partial charge in [-0.05, 0) is 57.8 Å². The maximum absolute atomic E-state index is 12.6. The van der Waals surface area contributed by atoms with E-state index >= 15 is 0 Å². The number of hydrogen-bond acceptors (Lipinski definition) is 5. The molecule has 1 unspecified atom stereocenters. The van der Waals surface area contributed by atoms with Crippen molar-refractivity contribution in [2.24, 2.45) is 0 Å². The molecule has 0 aliphatic carbocycles. The molecule has 0 aliphatic heterocycles. The molecule has 0 saturated carbocycles. The van der Waals surface area contributed by atoms with Crippen LogP contribution in [0.15, 0.2) is 48.6 Å². The Balaban J connectivity index is 4.17. The summed E-state index contributed by atoms with van der Waals surface area (Å²) in [6.07, 6.45) is 54.0. The van der Waals surface area contributed by atoms with Crippen molar-refractivity contribution in [3.63, 3.8) is 0 Å². The summed E-state index contributed by atoms with van der Waals surface area (Å²) in [5.74, 6) is -0.424. The average molecular weight is 757 g/mol. The van der Waals surface area contributed by atoms with Gasteiger partial charge in [0.1, 0.15) is 6.61 Å². The van der Waals surface area contributed by atoms with E-state index in [0.717, 1.165) is 77.0 Å². The molecule has 0 aromatic carbocycles. The van der Waals surface area contributed by atoms with Crippen LogP contribution < -0.4 is 0 Å². The lowest BCUT2D eigenvalue weighted by Gasteiger charge is -2.18. The molecular formula is C49H88O5. The molecule has 0 bridgehead atoms. The van der Waals surface area contributed by atoms with E-state index in [1.807, 2.05) is 0 Å². The predicted molar refractivity (Wildman–Crippen MR) is 233 cm³/mol. The van der Waals surface area contributed by atoms with Crippen molar-refractivity contribution in [3.05, 3.63) is 48.6 Å². The lowest BCUT2D eigenvalue weighted by Crippen LogP contribution is -2.30. The molecule has 54 heavy (non-hydrogen) atoms. The van der Waals surface area contributed by atoms with Crippen LogP contribution in [-0.2, 0) is 23.8 Å². The number of carbonyl (C=O) groups is 2. The molecular weight excluding hydrogens is 669 g/mol. The second-order valence-corrected chi connectivity index (χ2v) is 15.3. The molecule has 1 atom stereocenters. The van der Waals surface area contributed by atoms with Gasteiger partial charge in [0.05, 0.1) is 6.61 Å². The number of carbonyl (C=O) groups excluding carboxylic acids is 2. The third kappa shape index (κ3) is 42.6. The van der Waals surface area contributed by atoms with Gasteiger partial charge in [0.25, 0.3) is 0 Å². The van der Waals surface area contributed by atoms with Crippen LogP contribution >= 0.6 is 0 Å². The fraction of sp³-hybridized carbons (Fsp3) is 0.796. The van der Waals surface area contributed by atoms with Gasteiger partial charge in [0.2, 0.25) is 0 Å². The first-order valence-corrected chi connectivity index (χ1v) is 23.2. The third-order valence-electron chi connectivity index (χ3n) is 9.88. The van der Waals surface area contributed by atoms with Crippen LogP contribution in [0.4, 0.5) is 0 Å². The smallest absolute Gasteiger partial charge is 0.306 e. The number of ether oxygens (including phenoxy) is 3. The first-order valence-electron chi connectivity index (χ1n) is 23.2. The van der Waals surface area contributed by atoms with Gasteiger partial charge in [-0.25, -0.2) is 0 Å². The molecule has 0 fully saturated rings. The van der Waals surface area contributed by atoms with Gasteiger partial charge in [-0.15, -0.1) is 0 Å². The van der Waals surface area contributed by atoms with Crippen molar-refractivity contribution in [1.82, 2.24) is 0 Å². The van der Waals surface area contributed by atoms with Crippen LogP contribution in [0.25, 0.3) is 0 Å². The minimum atomic E-state index is -0.538. The van der Waals surface area contributed by atoms with Crippen molar-refractivity contribution < 1.29 is 23.8 Å². The molecule has 0 spiro atoms. The molecule has 0 aliphatic rings. The summed E-state index contributed by atoms with van der Waals surface area (Å²) < 4.78 is 17.3. The third-order valence-corrected chi connectivity index (χ3v) is 9.88.